The quantitative estimate of drug-likeness (QED) is 0.784. The van der Waals surface area contributed by atoms with Gasteiger partial charge in [0.2, 0.25) is 0 Å². The minimum Gasteiger partial charge on any atom is -0.354 e. The summed E-state index contributed by atoms with van der Waals surface area (Å²) in [4.78, 5) is 0. The Hall–Kier alpha value is -2.00. The van der Waals surface area contributed by atoms with E-state index in [0.717, 1.165) is 10.5 Å². The molecule has 0 saturated heterocycles. The number of anilines is 2. The van der Waals surface area contributed by atoms with E-state index in [0.29, 0.717) is 11.3 Å². The molecule has 0 saturated carbocycles. The average molecular weight is 355 g/mol. The van der Waals surface area contributed by atoms with Gasteiger partial charge >= 0.3 is 6.18 Å². The van der Waals surface area contributed by atoms with Crippen molar-refractivity contribution < 1.29 is 13.2 Å². The van der Waals surface area contributed by atoms with E-state index in [9.17, 15) is 13.2 Å². The Bertz CT molecular complexity index is 718. The van der Waals surface area contributed by atoms with Crippen molar-refractivity contribution in [2.75, 3.05) is 5.32 Å². The van der Waals surface area contributed by atoms with Gasteiger partial charge in [-0.15, -0.1) is 0 Å². The number of nitrogens with one attached hydrogen (secondary N) is 1. The molecule has 6 heteroatoms. The van der Waals surface area contributed by atoms with Gasteiger partial charge in [0.05, 0.1) is 16.8 Å². The van der Waals surface area contributed by atoms with Crippen molar-refractivity contribution in [2.24, 2.45) is 0 Å². The van der Waals surface area contributed by atoms with Crippen LogP contribution >= 0.6 is 15.9 Å². The molecule has 2 aromatic carbocycles. The maximum absolute atomic E-state index is 12.9. The van der Waals surface area contributed by atoms with Crippen LogP contribution in [-0.4, -0.2) is 0 Å². The normalized spacial score (nSPS) is 11.0. The molecule has 21 heavy (non-hydrogen) atoms. The summed E-state index contributed by atoms with van der Waals surface area (Å²) < 4.78 is 39.4. The highest BCUT2D eigenvalue weighted by Crippen LogP contribution is 2.34. The van der Waals surface area contributed by atoms with Crippen LogP contribution < -0.4 is 5.32 Å². The third-order valence-corrected chi connectivity index (χ3v) is 3.42. The zero-order chi connectivity index (χ0) is 15.6. The molecule has 0 spiro atoms. The Labute approximate surface area is 128 Å². The number of hydrogen-bond donors (Lipinski definition) is 1. The lowest BCUT2D eigenvalue weighted by Gasteiger charge is -2.14. The Morgan fingerprint density at radius 2 is 1.86 bits per heavy atom. The van der Waals surface area contributed by atoms with E-state index < -0.39 is 11.7 Å². The van der Waals surface area contributed by atoms with E-state index in [1.54, 1.807) is 24.3 Å². The van der Waals surface area contributed by atoms with Crippen LogP contribution in [0.25, 0.3) is 0 Å². The van der Waals surface area contributed by atoms with Crippen LogP contribution in [0.4, 0.5) is 24.5 Å². The van der Waals surface area contributed by atoms with E-state index in [1.807, 2.05) is 6.07 Å². The molecule has 0 bridgehead atoms. The van der Waals surface area contributed by atoms with Crippen molar-refractivity contribution >= 4 is 27.3 Å². The monoisotopic (exact) mass is 354 g/mol. The highest BCUT2D eigenvalue weighted by Gasteiger charge is 2.32. The number of alkyl halides is 3. The molecule has 1 N–H and O–H groups in total. The van der Waals surface area contributed by atoms with Gasteiger partial charge in [0, 0.05) is 10.2 Å². The van der Waals surface area contributed by atoms with Crippen LogP contribution in [0.2, 0.25) is 0 Å². The van der Waals surface area contributed by atoms with Gasteiger partial charge in [0.25, 0.3) is 0 Å². The number of halogens is 4. The van der Waals surface area contributed by atoms with E-state index >= 15 is 0 Å². The molecule has 0 fully saturated rings. The first-order chi connectivity index (χ1) is 9.81. The maximum Gasteiger partial charge on any atom is 0.416 e. The predicted octanol–water partition coefficient (Wildman–Crippen LogP) is 5.39. The molecule has 0 aromatic heterocycles. The molecule has 0 aliphatic rings. The molecule has 108 valence electrons. The molecule has 0 radical (unpaired) electrons. The second kappa shape index (κ2) is 5.78. The molecule has 0 atom stereocenters. The van der Waals surface area contributed by atoms with Crippen LogP contribution in [-0.2, 0) is 6.18 Å². The number of rotatable bonds is 2. The summed E-state index contributed by atoms with van der Waals surface area (Å²) in [6.07, 6.45) is -4.41. The van der Waals surface area contributed by atoms with Gasteiger partial charge in [-0.2, -0.15) is 18.4 Å². The minimum absolute atomic E-state index is 0.155. The van der Waals surface area contributed by atoms with Crippen LogP contribution in [0.5, 0.6) is 0 Å². The van der Waals surface area contributed by atoms with Crippen molar-refractivity contribution in [3.05, 3.63) is 57.6 Å². The molecular formula is C15H10BrF3N2. The van der Waals surface area contributed by atoms with Crippen molar-refractivity contribution in [3.63, 3.8) is 0 Å². The molecule has 2 aromatic rings. The van der Waals surface area contributed by atoms with Gasteiger partial charge in [0.1, 0.15) is 6.07 Å². The van der Waals surface area contributed by atoms with Crippen molar-refractivity contribution in [1.82, 2.24) is 0 Å². The predicted molar refractivity (Wildman–Crippen MR) is 78.3 cm³/mol. The first-order valence-electron chi connectivity index (χ1n) is 5.96. The summed E-state index contributed by atoms with van der Waals surface area (Å²) in [5, 5.41) is 11.9. The van der Waals surface area contributed by atoms with E-state index in [2.05, 4.69) is 21.2 Å². The average Bonchev–Trinajstić information content (AvgIpc) is 2.40. The smallest absolute Gasteiger partial charge is 0.354 e. The zero-order valence-corrected chi connectivity index (χ0v) is 12.5. The molecule has 0 heterocycles. The lowest BCUT2D eigenvalue weighted by atomic mass is 10.1. The minimum atomic E-state index is -4.41. The Morgan fingerprint density at radius 3 is 2.48 bits per heavy atom. The summed E-state index contributed by atoms with van der Waals surface area (Å²) in [5.41, 5.74) is 0.544. The lowest BCUT2D eigenvalue weighted by Crippen LogP contribution is -2.08. The second-order valence-corrected chi connectivity index (χ2v) is 5.37. The molecule has 0 aliphatic heterocycles. The van der Waals surface area contributed by atoms with Gasteiger partial charge in [-0.3, -0.25) is 0 Å². The van der Waals surface area contributed by atoms with Crippen molar-refractivity contribution in [1.29, 1.82) is 5.26 Å². The van der Waals surface area contributed by atoms with Gasteiger partial charge < -0.3 is 5.32 Å². The summed E-state index contributed by atoms with van der Waals surface area (Å²) >= 11 is 3.27. The van der Waals surface area contributed by atoms with Crippen molar-refractivity contribution in [2.45, 2.75) is 13.1 Å². The number of hydrogen-bond acceptors (Lipinski definition) is 2. The van der Waals surface area contributed by atoms with Crippen molar-refractivity contribution in [3.8, 4) is 6.07 Å². The van der Waals surface area contributed by atoms with Gasteiger partial charge in [-0.25, -0.2) is 0 Å². The van der Waals surface area contributed by atoms with Crippen LogP contribution in [0.1, 0.15) is 16.7 Å². The summed E-state index contributed by atoms with van der Waals surface area (Å²) in [6, 6.07) is 10.9. The fourth-order valence-corrected chi connectivity index (χ4v) is 2.24. The lowest BCUT2D eigenvalue weighted by molar-refractivity contribution is -0.138. The third kappa shape index (κ3) is 3.56. The second-order valence-electron chi connectivity index (χ2n) is 4.45. The van der Waals surface area contributed by atoms with Gasteiger partial charge in [0.15, 0.2) is 0 Å². The molecule has 2 nitrogen and oxygen atoms in total. The largest absolute Gasteiger partial charge is 0.416 e. The van der Waals surface area contributed by atoms with E-state index in [-0.39, 0.29) is 11.3 Å². The van der Waals surface area contributed by atoms with E-state index in [1.165, 1.54) is 13.0 Å². The summed E-state index contributed by atoms with van der Waals surface area (Å²) in [6.45, 7) is 1.41. The first kappa shape index (κ1) is 15.4. The maximum atomic E-state index is 12.9. The topological polar surface area (TPSA) is 35.8 Å². The number of benzene rings is 2. The molecule has 2 rings (SSSR count). The highest BCUT2D eigenvalue weighted by atomic mass is 79.9. The SMILES string of the molecule is Cc1ccc(Nc2cc(Br)ccc2C#N)cc1C(F)(F)F. The number of nitrogens with zero attached hydrogens (tertiary/aromatic N) is 1. The first-order valence-corrected chi connectivity index (χ1v) is 6.75. The van der Waals surface area contributed by atoms with Gasteiger partial charge in [-0.1, -0.05) is 22.0 Å². The van der Waals surface area contributed by atoms with Crippen LogP contribution in [0.3, 0.4) is 0 Å². The highest BCUT2D eigenvalue weighted by molar-refractivity contribution is 9.10. The summed E-state index contributed by atoms with van der Waals surface area (Å²) in [5.74, 6) is 0. The van der Waals surface area contributed by atoms with Crippen LogP contribution in [0, 0.1) is 18.3 Å². The molecule has 0 amide bonds. The Kier molecular flexibility index (Phi) is 4.24. The summed E-state index contributed by atoms with van der Waals surface area (Å²) in [7, 11) is 0. The third-order valence-electron chi connectivity index (χ3n) is 2.92. The fraction of sp³-hybridized carbons (Fsp3) is 0.133. The zero-order valence-electron chi connectivity index (χ0n) is 10.9. The van der Waals surface area contributed by atoms with Crippen LogP contribution in [0.15, 0.2) is 40.9 Å². The Morgan fingerprint density at radius 1 is 1.14 bits per heavy atom. The fourth-order valence-electron chi connectivity index (χ4n) is 1.88. The standard InChI is InChI=1S/C15H10BrF3N2/c1-9-2-5-12(7-13(9)15(17,18)19)21-14-6-11(16)4-3-10(14)8-20/h2-7,21H,1H3. The molecule has 0 unspecified atom stereocenters. The van der Waals surface area contributed by atoms with Gasteiger partial charge in [-0.05, 0) is 42.8 Å². The van der Waals surface area contributed by atoms with E-state index in [4.69, 9.17) is 5.26 Å². The molecular weight excluding hydrogens is 345 g/mol. The number of nitriles is 1. The number of aryl methyl sites for hydroxylation is 1. The molecule has 0 aliphatic carbocycles. The Balaban J connectivity index is 2.42.